The maximum absolute atomic E-state index is 10.5. The summed E-state index contributed by atoms with van der Waals surface area (Å²) in [5, 5.41) is 10.5. The third kappa shape index (κ3) is 1.98. The van der Waals surface area contributed by atoms with Crippen LogP contribution < -0.4 is 0 Å². The number of hydrogen-bond acceptors (Lipinski definition) is 1. The lowest BCUT2D eigenvalue weighted by Crippen LogP contribution is -2.29. The lowest BCUT2D eigenvalue weighted by Gasteiger charge is -2.27. The Balaban J connectivity index is 2.37. The normalized spacial score (nSPS) is 35.1. The molecule has 90 valence electrons. The van der Waals surface area contributed by atoms with Crippen LogP contribution in [0, 0.1) is 5.92 Å². The highest BCUT2D eigenvalue weighted by molar-refractivity contribution is 5.30. The van der Waals surface area contributed by atoms with Crippen molar-refractivity contribution in [2.24, 2.45) is 5.92 Å². The van der Waals surface area contributed by atoms with Gasteiger partial charge >= 0.3 is 0 Å². The maximum atomic E-state index is 10.5. The van der Waals surface area contributed by atoms with Crippen LogP contribution in [0.15, 0.2) is 22.3 Å². The molecule has 0 aliphatic heterocycles. The van der Waals surface area contributed by atoms with Gasteiger partial charge in [0.2, 0.25) is 0 Å². The molecule has 0 heterocycles. The first-order chi connectivity index (χ1) is 7.42. The van der Waals surface area contributed by atoms with Gasteiger partial charge < -0.3 is 5.11 Å². The van der Waals surface area contributed by atoms with Crippen molar-refractivity contribution in [1.29, 1.82) is 0 Å². The van der Waals surface area contributed by atoms with Crippen LogP contribution in [0.2, 0.25) is 0 Å². The summed E-state index contributed by atoms with van der Waals surface area (Å²) in [4.78, 5) is 0. The minimum absolute atomic E-state index is 0.389. The van der Waals surface area contributed by atoms with E-state index in [1.54, 1.807) is 16.7 Å². The van der Waals surface area contributed by atoms with Gasteiger partial charge in [0, 0.05) is 5.92 Å². The molecule has 0 spiro atoms. The zero-order chi connectivity index (χ0) is 11.9. The molecule has 2 atom stereocenters. The van der Waals surface area contributed by atoms with Gasteiger partial charge in [-0.2, -0.15) is 0 Å². The first-order valence-electron chi connectivity index (χ1n) is 6.48. The molecular formula is C15H24O. The van der Waals surface area contributed by atoms with Crippen LogP contribution in [0.4, 0.5) is 0 Å². The third-order valence-corrected chi connectivity index (χ3v) is 4.58. The fourth-order valence-electron chi connectivity index (χ4n) is 3.27. The first-order valence-corrected chi connectivity index (χ1v) is 6.48. The molecule has 0 radical (unpaired) electrons. The summed E-state index contributed by atoms with van der Waals surface area (Å²) < 4.78 is 0. The molecule has 16 heavy (non-hydrogen) atoms. The van der Waals surface area contributed by atoms with E-state index in [4.69, 9.17) is 0 Å². The largest absolute Gasteiger partial charge is 0.390 e. The highest BCUT2D eigenvalue weighted by Gasteiger charge is 2.42. The molecule has 0 aromatic rings. The molecule has 1 heteroatoms. The van der Waals surface area contributed by atoms with Gasteiger partial charge in [-0.1, -0.05) is 22.3 Å². The van der Waals surface area contributed by atoms with Crippen molar-refractivity contribution in [3.05, 3.63) is 22.3 Å². The predicted octanol–water partition coefficient (Wildman–Crippen LogP) is 3.98. The minimum Gasteiger partial charge on any atom is -0.390 e. The first kappa shape index (κ1) is 11.9. The second-order valence-electron chi connectivity index (χ2n) is 6.02. The monoisotopic (exact) mass is 220 g/mol. The second kappa shape index (κ2) is 4.03. The molecule has 2 aliphatic carbocycles. The van der Waals surface area contributed by atoms with Crippen molar-refractivity contribution in [3.8, 4) is 0 Å². The van der Waals surface area contributed by atoms with Crippen LogP contribution in [-0.2, 0) is 0 Å². The van der Waals surface area contributed by atoms with E-state index in [1.807, 2.05) is 6.92 Å². The fourth-order valence-corrected chi connectivity index (χ4v) is 3.27. The number of allylic oxidation sites excluding steroid dienone is 3. The summed E-state index contributed by atoms with van der Waals surface area (Å²) >= 11 is 0. The van der Waals surface area contributed by atoms with E-state index in [1.165, 1.54) is 18.4 Å². The molecule has 1 nitrogen and oxygen atoms in total. The quantitative estimate of drug-likeness (QED) is 0.612. The van der Waals surface area contributed by atoms with Gasteiger partial charge in [-0.05, 0) is 59.8 Å². The number of hydrogen-bond donors (Lipinski definition) is 1. The van der Waals surface area contributed by atoms with Crippen LogP contribution in [-0.4, -0.2) is 10.7 Å². The molecule has 0 aromatic heterocycles. The van der Waals surface area contributed by atoms with E-state index in [0.717, 1.165) is 19.3 Å². The van der Waals surface area contributed by atoms with Gasteiger partial charge in [0.25, 0.3) is 0 Å². The van der Waals surface area contributed by atoms with Crippen molar-refractivity contribution in [3.63, 3.8) is 0 Å². The van der Waals surface area contributed by atoms with Crippen LogP contribution in [0.3, 0.4) is 0 Å². The van der Waals surface area contributed by atoms with E-state index >= 15 is 0 Å². The Morgan fingerprint density at radius 2 is 1.94 bits per heavy atom. The zero-order valence-corrected chi connectivity index (χ0v) is 11.1. The Hall–Kier alpha value is -0.560. The molecule has 0 aromatic carbocycles. The highest BCUT2D eigenvalue weighted by atomic mass is 16.3. The van der Waals surface area contributed by atoms with Gasteiger partial charge in [-0.3, -0.25) is 0 Å². The number of aliphatic hydroxyl groups is 1. The van der Waals surface area contributed by atoms with Gasteiger partial charge in [0.15, 0.2) is 0 Å². The maximum Gasteiger partial charge on any atom is 0.0691 e. The molecule has 2 unspecified atom stereocenters. The zero-order valence-electron chi connectivity index (χ0n) is 11.1. The lowest BCUT2D eigenvalue weighted by atomic mass is 9.84. The average Bonchev–Trinajstić information content (AvgIpc) is 2.38. The van der Waals surface area contributed by atoms with Gasteiger partial charge in [-0.25, -0.2) is 0 Å². The Morgan fingerprint density at radius 1 is 1.25 bits per heavy atom. The standard InChI is InChI=1S/C15H24O/c1-10(2)12-6-5-11(3)13-7-8-15(4,16)14(13)9-12/h14,16H,5-9H2,1-4H3. The molecule has 0 amide bonds. The van der Waals surface area contributed by atoms with Crippen molar-refractivity contribution < 1.29 is 5.11 Å². The SMILES string of the molecule is CC(C)=C1CCC(C)=C2CCC(C)(O)C2C1. The van der Waals surface area contributed by atoms with Crippen molar-refractivity contribution in [2.75, 3.05) is 0 Å². The number of rotatable bonds is 0. The molecule has 2 rings (SSSR count). The molecule has 0 bridgehead atoms. The summed E-state index contributed by atoms with van der Waals surface area (Å²) in [5.74, 6) is 0.389. The average molecular weight is 220 g/mol. The van der Waals surface area contributed by atoms with Gasteiger partial charge in [0.05, 0.1) is 5.60 Å². The molecule has 1 fully saturated rings. The van der Waals surface area contributed by atoms with Crippen molar-refractivity contribution >= 4 is 0 Å². The summed E-state index contributed by atoms with van der Waals surface area (Å²) in [5.41, 5.74) is 5.65. The molecular weight excluding hydrogens is 196 g/mol. The fraction of sp³-hybridized carbons (Fsp3) is 0.733. The van der Waals surface area contributed by atoms with Crippen LogP contribution in [0.25, 0.3) is 0 Å². The molecule has 0 saturated heterocycles. The Morgan fingerprint density at radius 3 is 2.56 bits per heavy atom. The smallest absolute Gasteiger partial charge is 0.0691 e. The Bertz CT molecular complexity index is 354. The van der Waals surface area contributed by atoms with E-state index in [0.29, 0.717) is 5.92 Å². The van der Waals surface area contributed by atoms with E-state index in [2.05, 4.69) is 20.8 Å². The van der Waals surface area contributed by atoms with E-state index < -0.39 is 5.60 Å². The summed E-state index contributed by atoms with van der Waals surface area (Å²) in [6, 6.07) is 0. The van der Waals surface area contributed by atoms with Crippen LogP contribution in [0.5, 0.6) is 0 Å². The molecule has 2 aliphatic rings. The van der Waals surface area contributed by atoms with Crippen LogP contribution >= 0.6 is 0 Å². The summed E-state index contributed by atoms with van der Waals surface area (Å²) in [7, 11) is 0. The van der Waals surface area contributed by atoms with Crippen LogP contribution in [0.1, 0.15) is 59.8 Å². The topological polar surface area (TPSA) is 20.2 Å². The predicted molar refractivity (Wildman–Crippen MR) is 68.3 cm³/mol. The van der Waals surface area contributed by atoms with E-state index in [9.17, 15) is 5.11 Å². The molecule has 1 saturated carbocycles. The van der Waals surface area contributed by atoms with Crippen molar-refractivity contribution in [2.45, 2.75) is 65.4 Å². The van der Waals surface area contributed by atoms with E-state index in [-0.39, 0.29) is 0 Å². The van der Waals surface area contributed by atoms with Crippen molar-refractivity contribution in [1.82, 2.24) is 0 Å². The summed E-state index contributed by atoms with van der Waals surface area (Å²) in [6.45, 7) is 8.70. The minimum atomic E-state index is -0.471. The van der Waals surface area contributed by atoms with Gasteiger partial charge in [-0.15, -0.1) is 0 Å². The summed E-state index contributed by atoms with van der Waals surface area (Å²) in [6.07, 6.45) is 5.54. The lowest BCUT2D eigenvalue weighted by molar-refractivity contribution is 0.0287. The van der Waals surface area contributed by atoms with Gasteiger partial charge in [0.1, 0.15) is 0 Å². The Labute approximate surface area is 99.3 Å². The third-order valence-electron chi connectivity index (χ3n) is 4.58. The number of fused-ring (bicyclic) bond motifs is 1. The highest BCUT2D eigenvalue weighted by Crippen LogP contribution is 2.47. The second-order valence-corrected chi connectivity index (χ2v) is 6.02. The molecule has 1 N–H and O–H groups in total. The Kier molecular flexibility index (Phi) is 3.00.